The summed E-state index contributed by atoms with van der Waals surface area (Å²) in [7, 11) is -3.13. The summed E-state index contributed by atoms with van der Waals surface area (Å²) in [4.78, 5) is 14.3. The Balaban J connectivity index is -0.0000000450. The second kappa shape index (κ2) is 9.87. The first-order valence-corrected chi connectivity index (χ1v) is 1.95. The molecule has 0 unspecified atom stereocenters. The molecule has 34 valence electrons. The molecule has 6 heavy (non-hydrogen) atoms. The molecule has 0 aliphatic carbocycles. The first-order valence-electron chi connectivity index (χ1n) is 0.651. The van der Waals surface area contributed by atoms with Crippen molar-refractivity contribution in [1.82, 2.24) is 0 Å². The fourth-order valence-corrected chi connectivity index (χ4v) is 0. The van der Waals surface area contributed by atoms with Crippen molar-refractivity contribution in [2.24, 2.45) is 0 Å². The van der Waals surface area contributed by atoms with Crippen LogP contribution in [-0.2, 0) is 4.46 Å². The predicted octanol–water partition coefficient (Wildman–Crippen LogP) is -3.71. The summed E-state index contributed by atoms with van der Waals surface area (Å²) in [6.45, 7) is 0. The van der Waals surface area contributed by atoms with Gasteiger partial charge in [-0.1, -0.05) is 0 Å². The van der Waals surface area contributed by atoms with Crippen LogP contribution in [0.5, 0.6) is 0 Å². The molecule has 0 spiro atoms. The van der Waals surface area contributed by atoms with Gasteiger partial charge < -0.3 is 9.59 Å². The molecule has 0 heterocycles. The van der Waals surface area contributed by atoms with Crippen molar-refractivity contribution in [3.63, 3.8) is 0 Å². The summed E-state index contributed by atoms with van der Waals surface area (Å²) >= 11 is 0. The van der Waals surface area contributed by atoms with Crippen LogP contribution in [0.15, 0.2) is 0 Å². The Morgan fingerprint density at radius 1 is 1.33 bits per heavy atom. The number of hydrogen-bond acceptors (Lipinski definition) is 1. The Bertz CT molecular complexity index is 33.8. The summed E-state index contributed by atoms with van der Waals surface area (Å²) < 4.78 is 8.74. The SMILES string of the molecule is O=[Si](O)O.[AlH3].[BaH2]. The van der Waals surface area contributed by atoms with Crippen LogP contribution in [0.2, 0.25) is 0 Å². The van der Waals surface area contributed by atoms with Crippen molar-refractivity contribution >= 4 is 75.4 Å². The van der Waals surface area contributed by atoms with E-state index in [9.17, 15) is 0 Å². The van der Waals surface area contributed by atoms with Gasteiger partial charge in [-0.2, -0.15) is 0 Å². The van der Waals surface area contributed by atoms with Gasteiger partial charge in [0, 0.05) is 0 Å². The third-order valence-electron chi connectivity index (χ3n) is 0. The molecule has 0 aliphatic heterocycles. The molecule has 0 aromatic rings. The summed E-state index contributed by atoms with van der Waals surface area (Å²) in [6.07, 6.45) is 0. The average molecular weight is 247 g/mol. The van der Waals surface area contributed by atoms with Gasteiger partial charge in [0.2, 0.25) is 0 Å². The van der Waals surface area contributed by atoms with Crippen LogP contribution in [0.4, 0.5) is 0 Å². The van der Waals surface area contributed by atoms with Gasteiger partial charge in [-0.15, -0.1) is 0 Å². The van der Waals surface area contributed by atoms with Gasteiger partial charge in [-0.05, 0) is 0 Å². The zero-order valence-electron chi connectivity index (χ0n) is 1.80. The van der Waals surface area contributed by atoms with Gasteiger partial charge in [0.05, 0.1) is 0 Å². The Morgan fingerprint density at radius 3 is 1.33 bits per heavy atom. The van der Waals surface area contributed by atoms with Gasteiger partial charge in [0.1, 0.15) is 0 Å². The Hall–Kier alpha value is 1.72. The van der Waals surface area contributed by atoms with Crippen LogP contribution in [-0.4, -0.2) is 85.0 Å². The van der Waals surface area contributed by atoms with Crippen molar-refractivity contribution in [2.75, 3.05) is 0 Å². The van der Waals surface area contributed by atoms with E-state index in [2.05, 4.69) is 0 Å². The minimum absolute atomic E-state index is 0. The molecular weight excluding hydrogens is 240 g/mol. The van der Waals surface area contributed by atoms with Crippen molar-refractivity contribution in [3.8, 4) is 0 Å². The normalized spacial score (nSPS) is 4.00. The molecule has 0 aromatic heterocycles. The molecule has 0 radical (unpaired) electrons. The van der Waals surface area contributed by atoms with Gasteiger partial charge in [0.15, 0.2) is 17.4 Å². The van der Waals surface area contributed by atoms with Crippen LogP contribution in [0, 0.1) is 0 Å². The first-order chi connectivity index (χ1) is 1.73. The predicted molar refractivity (Wildman–Crippen MR) is 29.4 cm³/mol. The summed E-state index contributed by atoms with van der Waals surface area (Å²) in [5.74, 6) is 0. The maximum atomic E-state index is 8.74. The van der Waals surface area contributed by atoms with Gasteiger partial charge in [-0.3, -0.25) is 4.46 Å². The van der Waals surface area contributed by atoms with Crippen LogP contribution in [0.1, 0.15) is 0 Å². The van der Waals surface area contributed by atoms with Crippen LogP contribution >= 0.6 is 0 Å². The summed E-state index contributed by atoms with van der Waals surface area (Å²) in [5, 5.41) is 0. The van der Waals surface area contributed by atoms with E-state index in [-0.39, 0.29) is 66.2 Å². The molecule has 2 N–H and O–H groups in total. The van der Waals surface area contributed by atoms with E-state index in [1.807, 2.05) is 0 Å². The third kappa shape index (κ3) is 43.1. The van der Waals surface area contributed by atoms with E-state index < -0.39 is 9.17 Å². The number of rotatable bonds is 0. The van der Waals surface area contributed by atoms with Gasteiger partial charge >= 0.3 is 58.1 Å². The van der Waals surface area contributed by atoms with Crippen molar-refractivity contribution in [2.45, 2.75) is 0 Å². The van der Waals surface area contributed by atoms with Crippen molar-refractivity contribution < 1.29 is 14.1 Å². The average Bonchev–Trinajstić information content (AvgIpc) is 0.811. The molecule has 0 rings (SSSR count). The Morgan fingerprint density at radius 2 is 1.33 bits per heavy atom. The van der Waals surface area contributed by atoms with Crippen molar-refractivity contribution in [3.05, 3.63) is 0 Å². The zero-order chi connectivity index (χ0) is 3.58. The van der Waals surface area contributed by atoms with E-state index in [0.717, 1.165) is 0 Å². The minimum atomic E-state index is -3.13. The monoisotopic (exact) mass is 248 g/mol. The maximum absolute atomic E-state index is 8.74. The topological polar surface area (TPSA) is 57.5 Å². The van der Waals surface area contributed by atoms with E-state index >= 15 is 0 Å². The fourth-order valence-electron chi connectivity index (χ4n) is 0. The van der Waals surface area contributed by atoms with Gasteiger partial charge in [-0.25, -0.2) is 0 Å². The second-order valence-electron chi connectivity index (χ2n) is 0.283. The quantitative estimate of drug-likeness (QED) is 0.433. The molecule has 0 fully saturated rings. The fraction of sp³-hybridized carbons (Fsp3) is 0. The molecule has 0 saturated carbocycles. The summed E-state index contributed by atoms with van der Waals surface area (Å²) in [6, 6.07) is 0. The second-order valence-corrected chi connectivity index (χ2v) is 0.848. The van der Waals surface area contributed by atoms with Crippen LogP contribution < -0.4 is 0 Å². The molecule has 6 heteroatoms. The summed E-state index contributed by atoms with van der Waals surface area (Å²) in [5.41, 5.74) is 0. The van der Waals surface area contributed by atoms with E-state index in [1.54, 1.807) is 0 Å². The van der Waals surface area contributed by atoms with E-state index in [0.29, 0.717) is 0 Å². The van der Waals surface area contributed by atoms with Gasteiger partial charge in [0.25, 0.3) is 0 Å². The Kier molecular flexibility index (Phi) is 25.7. The first kappa shape index (κ1) is 15.6. The molecule has 0 saturated heterocycles. The molecule has 0 aliphatic rings. The van der Waals surface area contributed by atoms with E-state index in [1.165, 1.54) is 0 Å². The Labute approximate surface area is 87.9 Å². The zero-order valence-corrected chi connectivity index (χ0v) is 2.80. The third-order valence-corrected chi connectivity index (χ3v) is 0. The molecule has 3 nitrogen and oxygen atoms in total. The number of hydrogen-bond donors (Lipinski definition) is 2. The van der Waals surface area contributed by atoms with Crippen LogP contribution in [0.25, 0.3) is 0 Å². The molecule has 0 atom stereocenters. The van der Waals surface area contributed by atoms with E-state index in [4.69, 9.17) is 14.1 Å². The van der Waals surface area contributed by atoms with Crippen molar-refractivity contribution in [1.29, 1.82) is 0 Å². The molecule has 0 amide bonds. The molecule has 0 aromatic carbocycles. The molecular formula is H7AlBaO3Si. The van der Waals surface area contributed by atoms with Crippen LogP contribution in [0.3, 0.4) is 0 Å². The standard InChI is InChI=1S/Al.Ba.H2O3Si.5H/c;;1-4(2)3;;;;;/h;;1-2H;;;;;. The molecule has 0 bridgehead atoms.